The third-order valence-corrected chi connectivity index (χ3v) is 6.02. The number of hydrogen-bond donors (Lipinski definition) is 2. The van der Waals surface area contributed by atoms with E-state index in [1.54, 1.807) is 6.07 Å². The number of carbonyl (C=O) groups is 1. The molecule has 1 heterocycles. The Morgan fingerprint density at radius 3 is 2.68 bits per heavy atom. The van der Waals surface area contributed by atoms with Crippen LogP contribution >= 0.6 is 0 Å². The molecule has 3 atom stereocenters. The molecule has 1 saturated heterocycles. The summed E-state index contributed by atoms with van der Waals surface area (Å²) in [6, 6.07) is 4.60. The lowest BCUT2D eigenvalue weighted by Crippen LogP contribution is -2.37. The number of nitrogens with zero attached hydrogens (tertiary/aromatic N) is 1. The smallest absolute Gasteiger partial charge is 0.223 e. The third kappa shape index (κ3) is 3.66. The van der Waals surface area contributed by atoms with Gasteiger partial charge < -0.3 is 15.3 Å². The summed E-state index contributed by atoms with van der Waals surface area (Å²) in [6.45, 7) is 3.45. The van der Waals surface area contributed by atoms with Crippen LogP contribution in [0.25, 0.3) is 0 Å². The molecule has 5 heteroatoms. The average Bonchev–Trinajstić information content (AvgIpc) is 3.47. The fraction of sp³-hybridized carbons (Fsp3) is 0.650. The Kier molecular flexibility index (Phi) is 4.44. The standard InChI is InChI=1S/C20H27FN2O2/c1-12(22-20(25)18-11-17(18)13-2-3-13)16-10-14(21)4-5-19(16)23-8-6-15(24)7-9-23/h4-5,10,12-13,15,17-18,24H,2-3,6-9,11H2,1H3,(H,22,25). The highest BCUT2D eigenvalue weighted by Gasteiger charge is 2.51. The molecular weight excluding hydrogens is 319 g/mol. The fourth-order valence-electron chi connectivity index (χ4n) is 4.23. The normalized spacial score (nSPS) is 27.9. The van der Waals surface area contributed by atoms with Crippen molar-refractivity contribution in [1.82, 2.24) is 5.32 Å². The summed E-state index contributed by atoms with van der Waals surface area (Å²) in [5.41, 5.74) is 1.80. The zero-order valence-electron chi connectivity index (χ0n) is 14.7. The molecule has 25 heavy (non-hydrogen) atoms. The van der Waals surface area contributed by atoms with Crippen molar-refractivity contribution >= 4 is 11.6 Å². The van der Waals surface area contributed by atoms with Crippen molar-refractivity contribution in [3.8, 4) is 0 Å². The number of anilines is 1. The zero-order chi connectivity index (χ0) is 17.6. The molecule has 1 aromatic rings. The molecule has 3 unspecified atom stereocenters. The molecule has 1 aliphatic heterocycles. The number of hydrogen-bond acceptors (Lipinski definition) is 3. The highest BCUT2D eigenvalue weighted by molar-refractivity contribution is 5.82. The van der Waals surface area contributed by atoms with Gasteiger partial charge in [-0.05, 0) is 69.1 Å². The summed E-state index contributed by atoms with van der Waals surface area (Å²) < 4.78 is 13.9. The van der Waals surface area contributed by atoms with E-state index in [1.807, 2.05) is 6.92 Å². The predicted octanol–water partition coefficient (Wildman–Crippen LogP) is 3.01. The Morgan fingerprint density at radius 1 is 1.28 bits per heavy atom. The number of benzene rings is 1. The Bertz CT molecular complexity index is 653. The number of aliphatic hydroxyl groups is 1. The first-order chi connectivity index (χ1) is 12.0. The van der Waals surface area contributed by atoms with Crippen LogP contribution in [0.15, 0.2) is 18.2 Å². The van der Waals surface area contributed by atoms with Gasteiger partial charge in [0.1, 0.15) is 5.82 Å². The van der Waals surface area contributed by atoms with Crippen LogP contribution in [0.4, 0.5) is 10.1 Å². The van der Waals surface area contributed by atoms with Gasteiger partial charge in [0.25, 0.3) is 0 Å². The van der Waals surface area contributed by atoms with Crippen molar-refractivity contribution in [3.63, 3.8) is 0 Å². The molecule has 0 radical (unpaired) electrons. The van der Waals surface area contributed by atoms with E-state index in [0.717, 1.165) is 49.5 Å². The molecular formula is C20H27FN2O2. The molecule has 136 valence electrons. The second-order valence-electron chi connectivity index (χ2n) is 8.00. The van der Waals surface area contributed by atoms with Gasteiger partial charge in [-0.1, -0.05) is 0 Å². The lowest BCUT2D eigenvalue weighted by Gasteiger charge is -2.34. The predicted molar refractivity (Wildman–Crippen MR) is 94.7 cm³/mol. The topological polar surface area (TPSA) is 52.6 Å². The molecule has 1 aromatic carbocycles. The SMILES string of the molecule is CC(NC(=O)C1CC1C1CC1)c1cc(F)ccc1N1CCC(O)CC1. The number of rotatable bonds is 5. The zero-order valence-corrected chi connectivity index (χ0v) is 14.7. The second kappa shape index (κ2) is 6.60. The van der Waals surface area contributed by atoms with E-state index in [-0.39, 0.29) is 29.8 Å². The van der Waals surface area contributed by atoms with E-state index in [9.17, 15) is 14.3 Å². The van der Waals surface area contributed by atoms with Crippen LogP contribution in [0.5, 0.6) is 0 Å². The Hall–Kier alpha value is -1.62. The monoisotopic (exact) mass is 346 g/mol. The highest BCUT2D eigenvalue weighted by Crippen LogP contribution is 2.54. The van der Waals surface area contributed by atoms with Crippen molar-refractivity contribution in [2.75, 3.05) is 18.0 Å². The van der Waals surface area contributed by atoms with Crippen molar-refractivity contribution in [2.24, 2.45) is 17.8 Å². The summed E-state index contributed by atoms with van der Waals surface area (Å²) in [4.78, 5) is 14.7. The number of aliphatic hydroxyl groups excluding tert-OH is 1. The van der Waals surface area contributed by atoms with Crippen LogP contribution in [0, 0.1) is 23.6 Å². The van der Waals surface area contributed by atoms with E-state index in [0.29, 0.717) is 5.92 Å². The van der Waals surface area contributed by atoms with Crippen molar-refractivity contribution in [3.05, 3.63) is 29.6 Å². The van der Waals surface area contributed by atoms with Gasteiger partial charge in [0.15, 0.2) is 0 Å². The van der Waals surface area contributed by atoms with Crippen LogP contribution in [0.2, 0.25) is 0 Å². The van der Waals surface area contributed by atoms with Gasteiger partial charge >= 0.3 is 0 Å². The molecule has 0 bridgehead atoms. The van der Waals surface area contributed by atoms with Gasteiger partial charge in [0, 0.05) is 30.3 Å². The van der Waals surface area contributed by atoms with Gasteiger partial charge in [-0.15, -0.1) is 0 Å². The molecule has 0 spiro atoms. The van der Waals surface area contributed by atoms with Crippen LogP contribution < -0.4 is 10.2 Å². The highest BCUT2D eigenvalue weighted by atomic mass is 19.1. The molecule has 1 amide bonds. The molecule has 4 nitrogen and oxygen atoms in total. The molecule has 2 N–H and O–H groups in total. The lowest BCUT2D eigenvalue weighted by molar-refractivity contribution is -0.123. The second-order valence-corrected chi connectivity index (χ2v) is 8.00. The minimum absolute atomic E-state index is 0.119. The Morgan fingerprint density at radius 2 is 2.00 bits per heavy atom. The molecule has 3 fully saturated rings. The van der Waals surface area contributed by atoms with E-state index in [1.165, 1.54) is 25.0 Å². The summed E-state index contributed by atoms with van der Waals surface area (Å²) in [5, 5.41) is 12.8. The lowest BCUT2D eigenvalue weighted by atomic mass is 10.0. The summed E-state index contributed by atoms with van der Waals surface area (Å²) in [5.74, 6) is 1.36. The summed E-state index contributed by atoms with van der Waals surface area (Å²) >= 11 is 0. The first kappa shape index (κ1) is 16.8. The fourth-order valence-corrected chi connectivity index (χ4v) is 4.23. The van der Waals surface area contributed by atoms with Crippen LogP contribution in [0.1, 0.15) is 50.6 Å². The molecule has 2 saturated carbocycles. The van der Waals surface area contributed by atoms with Crippen molar-refractivity contribution in [1.29, 1.82) is 0 Å². The number of amides is 1. The van der Waals surface area contributed by atoms with Gasteiger partial charge in [0.2, 0.25) is 5.91 Å². The maximum atomic E-state index is 13.9. The Labute approximate surface area is 148 Å². The quantitative estimate of drug-likeness (QED) is 0.862. The first-order valence-electron chi connectivity index (χ1n) is 9.55. The first-order valence-corrected chi connectivity index (χ1v) is 9.55. The van der Waals surface area contributed by atoms with E-state index in [4.69, 9.17) is 0 Å². The Balaban J connectivity index is 1.46. The van der Waals surface area contributed by atoms with Gasteiger partial charge in [0.05, 0.1) is 12.1 Å². The average molecular weight is 346 g/mol. The molecule has 0 aromatic heterocycles. The minimum atomic E-state index is -0.279. The number of piperidine rings is 1. The third-order valence-electron chi connectivity index (χ3n) is 6.02. The molecule has 2 aliphatic carbocycles. The van der Waals surface area contributed by atoms with Crippen LogP contribution in [-0.2, 0) is 4.79 Å². The van der Waals surface area contributed by atoms with Gasteiger partial charge in [-0.3, -0.25) is 4.79 Å². The summed E-state index contributed by atoms with van der Waals surface area (Å²) in [7, 11) is 0. The largest absolute Gasteiger partial charge is 0.393 e. The minimum Gasteiger partial charge on any atom is -0.393 e. The van der Waals surface area contributed by atoms with Gasteiger partial charge in [-0.25, -0.2) is 4.39 Å². The van der Waals surface area contributed by atoms with Gasteiger partial charge in [-0.2, -0.15) is 0 Å². The number of carbonyl (C=O) groups excluding carboxylic acids is 1. The molecule has 4 rings (SSSR count). The van der Waals surface area contributed by atoms with E-state index in [2.05, 4.69) is 10.2 Å². The van der Waals surface area contributed by atoms with Crippen molar-refractivity contribution < 1.29 is 14.3 Å². The maximum absolute atomic E-state index is 13.9. The van der Waals surface area contributed by atoms with E-state index < -0.39 is 0 Å². The molecule has 3 aliphatic rings. The van der Waals surface area contributed by atoms with Crippen molar-refractivity contribution in [2.45, 2.75) is 51.2 Å². The number of nitrogens with one attached hydrogen (secondary N) is 1. The van der Waals surface area contributed by atoms with Crippen LogP contribution in [0.3, 0.4) is 0 Å². The number of halogens is 1. The maximum Gasteiger partial charge on any atom is 0.223 e. The van der Waals surface area contributed by atoms with E-state index >= 15 is 0 Å². The summed E-state index contributed by atoms with van der Waals surface area (Å²) in [6.07, 6.45) is 4.78. The van der Waals surface area contributed by atoms with Crippen LogP contribution in [-0.4, -0.2) is 30.2 Å².